The molecule has 0 aliphatic carbocycles. The summed E-state index contributed by atoms with van der Waals surface area (Å²) in [6.45, 7) is 1.89. The van der Waals surface area contributed by atoms with Crippen LogP contribution in [0.1, 0.15) is 5.56 Å². The maximum Gasteiger partial charge on any atom is 0.175 e. The fraction of sp³-hybridized carbons (Fsp3) is 0.100. The third-order valence-corrected chi connectivity index (χ3v) is 2.72. The second-order valence-electron chi connectivity index (χ2n) is 3.48. The molecule has 2 aromatic rings. The molecule has 17 heavy (non-hydrogen) atoms. The molecule has 0 amide bonds. The molecule has 0 aliphatic heterocycles. The Labute approximate surface area is 103 Å². The monoisotopic (exact) mass is 250 g/mol. The minimum Gasteiger partial charge on any atom is -0.382 e. The number of halogens is 1. The van der Waals surface area contributed by atoms with Crippen LogP contribution in [0.3, 0.4) is 0 Å². The van der Waals surface area contributed by atoms with Gasteiger partial charge < -0.3 is 11.5 Å². The molecule has 88 valence electrons. The van der Waals surface area contributed by atoms with Crippen molar-refractivity contribution in [3.8, 4) is 0 Å². The van der Waals surface area contributed by atoms with Crippen molar-refractivity contribution >= 4 is 34.6 Å². The van der Waals surface area contributed by atoms with Crippen molar-refractivity contribution in [3.63, 3.8) is 0 Å². The summed E-state index contributed by atoms with van der Waals surface area (Å²) in [5.41, 5.74) is 13.0. The molecular formula is C10H11ClN6. The summed E-state index contributed by atoms with van der Waals surface area (Å²) in [5, 5.41) is 14.7. The van der Waals surface area contributed by atoms with Crippen LogP contribution in [0, 0.1) is 6.92 Å². The number of nitrogens with two attached hydrogens (primary N) is 2. The summed E-state index contributed by atoms with van der Waals surface area (Å²) in [5.74, 6) is 0.477. The number of benzene rings is 1. The van der Waals surface area contributed by atoms with Crippen LogP contribution in [0.15, 0.2) is 28.4 Å². The molecule has 7 heteroatoms. The summed E-state index contributed by atoms with van der Waals surface area (Å²) in [7, 11) is 0. The van der Waals surface area contributed by atoms with Crippen LogP contribution in [-0.4, -0.2) is 10.2 Å². The summed E-state index contributed by atoms with van der Waals surface area (Å²) in [6.07, 6.45) is 0. The molecule has 1 aromatic heterocycles. The van der Waals surface area contributed by atoms with Crippen LogP contribution in [0.5, 0.6) is 0 Å². The standard InChI is InChI=1S/C10H11ClN6/c1-5-3-2-4-6(7(5)11)14-15-8-9(12)16-17-10(8)13/h2-4H,1H3,(H5,12,13,16,17). The van der Waals surface area contributed by atoms with Crippen molar-refractivity contribution in [2.75, 3.05) is 11.5 Å². The number of H-pyrrole nitrogens is 1. The fourth-order valence-corrected chi connectivity index (χ4v) is 1.45. The van der Waals surface area contributed by atoms with E-state index in [0.29, 0.717) is 16.4 Å². The van der Waals surface area contributed by atoms with Crippen molar-refractivity contribution in [1.82, 2.24) is 10.2 Å². The number of anilines is 2. The number of nitrogen functional groups attached to an aromatic ring is 2. The average molecular weight is 251 g/mol. The van der Waals surface area contributed by atoms with Gasteiger partial charge in [0.1, 0.15) is 11.5 Å². The molecule has 0 saturated heterocycles. The highest BCUT2D eigenvalue weighted by Gasteiger charge is 2.07. The van der Waals surface area contributed by atoms with E-state index in [-0.39, 0.29) is 11.6 Å². The first-order valence-electron chi connectivity index (χ1n) is 4.85. The van der Waals surface area contributed by atoms with Crippen molar-refractivity contribution in [3.05, 3.63) is 28.8 Å². The highest BCUT2D eigenvalue weighted by molar-refractivity contribution is 6.33. The molecule has 0 radical (unpaired) electrons. The lowest BCUT2D eigenvalue weighted by atomic mass is 10.2. The number of nitrogens with zero attached hydrogens (tertiary/aromatic N) is 3. The Bertz CT molecular complexity index is 555. The van der Waals surface area contributed by atoms with E-state index in [9.17, 15) is 0 Å². The highest BCUT2D eigenvalue weighted by atomic mass is 35.5. The van der Waals surface area contributed by atoms with Gasteiger partial charge in [-0.05, 0) is 18.6 Å². The predicted molar refractivity (Wildman–Crippen MR) is 67.8 cm³/mol. The van der Waals surface area contributed by atoms with Crippen LogP contribution in [0.2, 0.25) is 5.02 Å². The Morgan fingerprint density at radius 3 is 2.71 bits per heavy atom. The number of azo groups is 1. The van der Waals surface area contributed by atoms with E-state index in [1.165, 1.54) is 0 Å². The normalized spacial score (nSPS) is 11.2. The summed E-state index contributed by atoms with van der Waals surface area (Å²) < 4.78 is 0. The van der Waals surface area contributed by atoms with E-state index >= 15 is 0 Å². The molecule has 2 rings (SSSR count). The van der Waals surface area contributed by atoms with E-state index in [2.05, 4.69) is 20.4 Å². The van der Waals surface area contributed by atoms with E-state index in [4.69, 9.17) is 23.1 Å². The molecule has 0 bridgehead atoms. The second-order valence-corrected chi connectivity index (χ2v) is 3.86. The van der Waals surface area contributed by atoms with Gasteiger partial charge in [-0.25, -0.2) is 0 Å². The topological polar surface area (TPSA) is 105 Å². The number of rotatable bonds is 2. The number of hydrogen-bond acceptors (Lipinski definition) is 5. The Kier molecular flexibility index (Phi) is 2.97. The Balaban J connectivity index is 2.36. The number of aromatic nitrogens is 2. The maximum absolute atomic E-state index is 6.07. The zero-order valence-corrected chi connectivity index (χ0v) is 9.86. The van der Waals surface area contributed by atoms with E-state index < -0.39 is 0 Å². The molecular weight excluding hydrogens is 240 g/mol. The van der Waals surface area contributed by atoms with Gasteiger partial charge in [-0.1, -0.05) is 23.7 Å². The first-order valence-corrected chi connectivity index (χ1v) is 5.23. The van der Waals surface area contributed by atoms with Gasteiger partial charge in [0.2, 0.25) is 0 Å². The molecule has 0 fully saturated rings. The number of aromatic amines is 1. The van der Waals surface area contributed by atoms with E-state index in [1.807, 2.05) is 19.1 Å². The van der Waals surface area contributed by atoms with Crippen LogP contribution < -0.4 is 11.5 Å². The average Bonchev–Trinajstić information content (AvgIpc) is 2.62. The van der Waals surface area contributed by atoms with Crippen LogP contribution >= 0.6 is 11.6 Å². The van der Waals surface area contributed by atoms with Crippen molar-refractivity contribution < 1.29 is 0 Å². The Hall–Kier alpha value is -2.08. The number of hydrogen-bond donors (Lipinski definition) is 3. The van der Waals surface area contributed by atoms with Crippen LogP contribution in [-0.2, 0) is 0 Å². The Morgan fingerprint density at radius 1 is 1.29 bits per heavy atom. The highest BCUT2D eigenvalue weighted by Crippen LogP contribution is 2.32. The van der Waals surface area contributed by atoms with Gasteiger partial charge in [0, 0.05) is 0 Å². The van der Waals surface area contributed by atoms with Crippen LogP contribution in [0.4, 0.5) is 23.0 Å². The predicted octanol–water partition coefficient (Wildman–Crippen LogP) is 2.95. The lowest BCUT2D eigenvalue weighted by molar-refractivity contribution is 1.11. The molecule has 1 aromatic carbocycles. The van der Waals surface area contributed by atoms with Crippen molar-refractivity contribution in [2.24, 2.45) is 10.2 Å². The van der Waals surface area contributed by atoms with Gasteiger partial charge in [-0.2, -0.15) is 5.10 Å². The summed E-state index contributed by atoms with van der Waals surface area (Å²) >= 11 is 6.07. The maximum atomic E-state index is 6.07. The van der Waals surface area contributed by atoms with E-state index in [1.54, 1.807) is 6.07 Å². The lowest BCUT2D eigenvalue weighted by Crippen LogP contribution is -1.84. The molecule has 6 nitrogen and oxygen atoms in total. The molecule has 0 saturated carbocycles. The zero-order chi connectivity index (χ0) is 12.4. The molecule has 5 N–H and O–H groups in total. The SMILES string of the molecule is Cc1cccc(N=Nc2c(N)n[nH]c2N)c1Cl. The summed E-state index contributed by atoms with van der Waals surface area (Å²) in [6, 6.07) is 5.49. The number of nitrogens with one attached hydrogen (secondary N) is 1. The summed E-state index contributed by atoms with van der Waals surface area (Å²) in [4.78, 5) is 0. The minimum absolute atomic E-state index is 0.204. The Morgan fingerprint density at radius 2 is 2.06 bits per heavy atom. The van der Waals surface area contributed by atoms with Gasteiger partial charge >= 0.3 is 0 Å². The lowest BCUT2D eigenvalue weighted by Gasteiger charge is -1.99. The van der Waals surface area contributed by atoms with Crippen LogP contribution in [0.25, 0.3) is 0 Å². The zero-order valence-electron chi connectivity index (χ0n) is 9.11. The van der Waals surface area contributed by atoms with Crippen molar-refractivity contribution in [1.29, 1.82) is 0 Å². The quantitative estimate of drug-likeness (QED) is 0.714. The molecule has 0 unspecified atom stereocenters. The van der Waals surface area contributed by atoms with E-state index in [0.717, 1.165) is 5.56 Å². The number of aryl methyl sites for hydroxylation is 1. The van der Waals surface area contributed by atoms with Gasteiger partial charge in [-0.15, -0.1) is 10.2 Å². The second kappa shape index (κ2) is 4.42. The van der Waals surface area contributed by atoms with Gasteiger partial charge in [0.15, 0.2) is 11.5 Å². The van der Waals surface area contributed by atoms with Gasteiger partial charge in [0.25, 0.3) is 0 Å². The van der Waals surface area contributed by atoms with Gasteiger partial charge in [0.05, 0.1) is 5.02 Å². The first kappa shape index (κ1) is 11.4. The third-order valence-electron chi connectivity index (χ3n) is 2.22. The largest absolute Gasteiger partial charge is 0.382 e. The third kappa shape index (κ3) is 2.21. The molecule has 0 aliphatic rings. The fourth-order valence-electron chi connectivity index (χ4n) is 1.28. The molecule has 0 atom stereocenters. The first-order chi connectivity index (χ1) is 8.09. The van der Waals surface area contributed by atoms with Gasteiger partial charge in [-0.3, -0.25) is 5.10 Å². The molecule has 0 spiro atoms. The minimum atomic E-state index is 0.204. The molecule has 1 heterocycles. The van der Waals surface area contributed by atoms with Crippen molar-refractivity contribution in [2.45, 2.75) is 6.92 Å². The smallest absolute Gasteiger partial charge is 0.175 e.